The Morgan fingerprint density at radius 2 is 0.626 bits per heavy atom. The third-order valence-corrected chi connectivity index (χ3v) is 20.4. The molecule has 0 spiro atoms. The van der Waals surface area contributed by atoms with E-state index in [1.54, 1.807) is 0 Å². The lowest BCUT2D eigenvalue weighted by molar-refractivity contribution is 0.660. The van der Waals surface area contributed by atoms with Crippen molar-refractivity contribution in [1.82, 2.24) is 23.7 Å². The molecule has 0 unspecified atom stereocenters. The number of nitrogens with zero attached hydrogens (tertiary/aromatic N) is 5. The van der Waals surface area contributed by atoms with Gasteiger partial charge in [-0.3, -0.25) is 0 Å². The van der Waals surface area contributed by atoms with Crippen molar-refractivity contribution < 1.29 is 0 Å². The van der Waals surface area contributed by atoms with Gasteiger partial charge in [0.1, 0.15) is 0 Å². The van der Waals surface area contributed by atoms with E-state index in [-0.39, 0.29) is 10.8 Å². The summed E-state index contributed by atoms with van der Waals surface area (Å²) in [6.07, 6.45) is 0. The third-order valence-electron chi connectivity index (χ3n) is 20.4. The summed E-state index contributed by atoms with van der Waals surface area (Å²) in [5.41, 5.74) is 29.3. The van der Waals surface area contributed by atoms with E-state index >= 15 is 0 Å². The summed E-state index contributed by atoms with van der Waals surface area (Å²) in [5.74, 6) is 0.682. The van der Waals surface area contributed by atoms with E-state index in [4.69, 9.17) is 9.97 Å². The molecule has 0 radical (unpaired) electrons. The highest BCUT2D eigenvalue weighted by Gasteiger charge is 2.37. The van der Waals surface area contributed by atoms with E-state index in [2.05, 4.69) is 327 Å². The summed E-state index contributed by atoms with van der Waals surface area (Å²) in [4.78, 5) is 10.6. The zero-order valence-corrected chi connectivity index (χ0v) is 50.9. The Hall–Kier alpha value is -11.4. The number of rotatable bonds is 7. The monoisotopic (exact) mass is 1160 g/mol. The van der Waals surface area contributed by atoms with Crippen LogP contribution in [-0.4, -0.2) is 23.7 Å². The number of benzene rings is 13. The number of para-hydroxylation sites is 3. The van der Waals surface area contributed by atoms with Crippen LogP contribution in [0.1, 0.15) is 49.9 Å². The lowest BCUT2D eigenvalue weighted by atomic mass is 9.82. The Bertz CT molecular complexity index is 5680. The smallest absolute Gasteiger partial charge is 0.160 e. The van der Waals surface area contributed by atoms with E-state index in [1.807, 2.05) is 0 Å². The molecule has 0 atom stereocenters. The van der Waals surface area contributed by atoms with Crippen molar-refractivity contribution in [3.8, 4) is 84.2 Å². The minimum absolute atomic E-state index is 0.127. The van der Waals surface area contributed by atoms with Gasteiger partial charge in [-0.1, -0.05) is 234 Å². The van der Waals surface area contributed by atoms with Crippen LogP contribution in [0.5, 0.6) is 0 Å². The van der Waals surface area contributed by atoms with Crippen LogP contribution in [-0.2, 0) is 10.8 Å². The first-order valence-electron chi connectivity index (χ1n) is 31.7. The van der Waals surface area contributed by atoms with Gasteiger partial charge in [0.25, 0.3) is 0 Å². The molecule has 5 nitrogen and oxygen atoms in total. The predicted octanol–water partition coefficient (Wildman–Crippen LogP) is 22.2. The van der Waals surface area contributed by atoms with Crippen LogP contribution >= 0.6 is 0 Å². The molecule has 0 saturated carbocycles. The van der Waals surface area contributed by atoms with E-state index in [0.717, 1.165) is 66.7 Å². The Labute approximate surface area is 527 Å². The van der Waals surface area contributed by atoms with Crippen LogP contribution in [0.25, 0.3) is 161 Å². The third kappa shape index (κ3) is 7.52. The first-order chi connectivity index (χ1) is 44.6. The molecule has 0 fully saturated rings. The quantitative estimate of drug-likeness (QED) is 0.160. The molecule has 91 heavy (non-hydrogen) atoms. The molecule has 428 valence electrons. The average Bonchev–Trinajstić information content (AvgIpc) is 1.73. The Morgan fingerprint density at radius 1 is 0.242 bits per heavy atom. The van der Waals surface area contributed by atoms with Gasteiger partial charge >= 0.3 is 0 Å². The second-order valence-corrected chi connectivity index (χ2v) is 26.1. The van der Waals surface area contributed by atoms with Gasteiger partial charge in [0.05, 0.1) is 44.3 Å². The molecule has 0 amide bonds. The Kier molecular flexibility index (Phi) is 10.8. The van der Waals surface area contributed by atoms with Gasteiger partial charge in [-0.25, -0.2) is 9.97 Å². The van der Waals surface area contributed by atoms with Crippen LogP contribution in [0.4, 0.5) is 0 Å². The zero-order chi connectivity index (χ0) is 60.4. The molecule has 5 heteroatoms. The van der Waals surface area contributed by atoms with Gasteiger partial charge in [-0.2, -0.15) is 0 Å². The highest BCUT2D eigenvalue weighted by molar-refractivity contribution is 6.14. The Morgan fingerprint density at radius 3 is 1.13 bits per heavy atom. The summed E-state index contributed by atoms with van der Waals surface area (Å²) in [6, 6.07) is 106. The van der Waals surface area contributed by atoms with Crippen molar-refractivity contribution in [3.63, 3.8) is 0 Å². The predicted molar refractivity (Wildman–Crippen MR) is 379 cm³/mol. The zero-order valence-electron chi connectivity index (χ0n) is 50.9. The first-order valence-corrected chi connectivity index (χ1v) is 31.7. The van der Waals surface area contributed by atoms with Crippen molar-refractivity contribution in [2.45, 2.75) is 38.5 Å². The molecule has 4 heterocycles. The number of hydrogen-bond donors (Lipinski definition) is 0. The first kappa shape index (κ1) is 51.6. The van der Waals surface area contributed by atoms with Crippen molar-refractivity contribution in [3.05, 3.63) is 307 Å². The molecular formula is C86H59N5. The molecule has 17 aromatic rings. The summed E-state index contributed by atoms with van der Waals surface area (Å²) in [6.45, 7) is 9.47. The summed E-state index contributed by atoms with van der Waals surface area (Å²) in [7, 11) is 0. The van der Waals surface area contributed by atoms with E-state index in [0.29, 0.717) is 5.82 Å². The van der Waals surface area contributed by atoms with Crippen LogP contribution in [0.2, 0.25) is 0 Å². The number of fused-ring (bicyclic) bond motifs is 16. The molecule has 0 saturated heterocycles. The largest absolute Gasteiger partial charge is 0.309 e. The maximum atomic E-state index is 5.38. The summed E-state index contributed by atoms with van der Waals surface area (Å²) in [5, 5.41) is 8.32. The van der Waals surface area contributed by atoms with Gasteiger partial charge in [-0.05, 0) is 146 Å². The minimum atomic E-state index is -0.127. The van der Waals surface area contributed by atoms with Gasteiger partial charge in [-0.15, -0.1) is 0 Å². The van der Waals surface area contributed by atoms with Crippen LogP contribution < -0.4 is 0 Å². The summed E-state index contributed by atoms with van der Waals surface area (Å²) < 4.78 is 7.44. The average molecular weight is 1160 g/mol. The Balaban J connectivity index is 0.800. The van der Waals surface area contributed by atoms with Gasteiger partial charge in [0, 0.05) is 76.7 Å². The highest BCUT2D eigenvalue weighted by Crippen LogP contribution is 2.52. The van der Waals surface area contributed by atoms with E-state index in [1.165, 1.54) is 110 Å². The molecule has 2 aliphatic rings. The molecule has 0 aliphatic heterocycles. The van der Waals surface area contributed by atoms with Gasteiger partial charge in [0.15, 0.2) is 5.82 Å². The maximum Gasteiger partial charge on any atom is 0.160 e. The normalized spacial score (nSPS) is 13.7. The van der Waals surface area contributed by atoms with Crippen LogP contribution in [0, 0.1) is 0 Å². The molecule has 13 aromatic carbocycles. The summed E-state index contributed by atoms with van der Waals surface area (Å²) >= 11 is 0. The molecule has 4 aromatic heterocycles. The van der Waals surface area contributed by atoms with E-state index < -0.39 is 0 Å². The molecule has 19 rings (SSSR count). The lowest BCUT2D eigenvalue weighted by Crippen LogP contribution is -2.15. The molecule has 0 N–H and O–H groups in total. The molecule has 0 bridgehead atoms. The van der Waals surface area contributed by atoms with Crippen LogP contribution in [0.15, 0.2) is 285 Å². The van der Waals surface area contributed by atoms with Crippen molar-refractivity contribution in [2.75, 3.05) is 0 Å². The van der Waals surface area contributed by atoms with Crippen molar-refractivity contribution in [1.29, 1.82) is 0 Å². The SMILES string of the molecule is CC1(C)c2ccccc2-c2ccc(-n3c4ccccc4c4ccc(-c5ccc6c7ccc(-c8ccc9c%10ccccc%10n(-c%10ccc%11c(c%10)C(C)(C)c%10ccccc%10-%11)c9c8)cc7n(-c7cccc(-c8nc(-c9ccccc9)c9ccccc9n8)c7)c6c5)cc43)cc21. The van der Waals surface area contributed by atoms with Crippen molar-refractivity contribution >= 4 is 76.3 Å². The van der Waals surface area contributed by atoms with Gasteiger partial charge in [0.2, 0.25) is 0 Å². The fraction of sp³-hybridized carbons (Fsp3) is 0.0698. The second kappa shape index (κ2) is 19.1. The number of hydrogen-bond acceptors (Lipinski definition) is 2. The van der Waals surface area contributed by atoms with E-state index in [9.17, 15) is 0 Å². The maximum absolute atomic E-state index is 5.38. The lowest BCUT2D eigenvalue weighted by Gasteiger charge is -2.22. The standard InChI is InChI=1S/C86H59N5/c1-85(2)72-28-13-8-23-61(72)63-43-37-59(50-74(63)85)89-77-31-16-11-25-65(77)67-39-33-53(46-79(67)89)55-35-41-69-70-42-36-56(49-82(70)91(81(69)48-55)58-22-18-21-57(45-58)84-87-76-30-15-10-27-71(76)83(88-84)52-19-6-5-7-20-52)54-34-40-68-66-26-12-17-32-78(66)90(80(68)47-54)60-38-44-64-62-24-9-14-29-73(62)86(3,4)75(64)51-60/h5-51H,1-4H3. The topological polar surface area (TPSA) is 40.6 Å². The number of aromatic nitrogens is 5. The second-order valence-electron chi connectivity index (χ2n) is 26.1. The molecule has 2 aliphatic carbocycles. The van der Waals surface area contributed by atoms with Crippen LogP contribution in [0.3, 0.4) is 0 Å². The fourth-order valence-corrected chi connectivity index (χ4v) is 16.0. The highest BCUT2D eigenvalue weighted by atomic mass is 15.0. The minimum Gasteiger partial charge on any atom is -0.309 e. The van der Waals surface area contributed by atoms with Crippen molar-refractivity contribution in [2.24, 2.45) is 0 Å². The fourth-order valence-electron chi connectivity index (χ4n) is 16.0. The van der Waals surface area contributed by atoms with Gasteiger partial charge < -0.3 is 13.7 Å². The molecular weight excluding hydrogens is 1100 g/mol.